The molecule has 32 heavy (non-hydrogen) atoms. The number of aromatic nitrogens is 4. The smallest absolute Gasteiger partial charge is 0.421 e. The van der Waals surface area contributed by atoms with Gasteiger partial charge in [-0.15, -0.1) is 0 Å². The molecule has 1 saturated heterocycles. The van der Waals surface area contributed by atoms with Gasteiger partial charge >= 0.3 is 6.18 Å². The molecule has 5 rings (SSSR count). The van der Waals surface area contributed by atoms with Crippen LogP contribution < -0.4 is 15.4 Å². The minimum absolute atomic E-state index is 0.0172. The second-order valence-electron chi connectivity index (χ2n) is 8.87. The molecule has 0 amide bonds. The Balaban J connectivity index is 1.61. The molecule has 1 aliphatic carbocycles. The van der Waals surface area contributed by atoms with Crippen LogP contribution >= 0.6 is 0 Å². The summed E-state index contributed by atoms with van der Waals surface area (Å²) in [6, 6.07) is -0.571. The van der Waals surface area contributed by atoms with Gasteiger partial charge in [0, 0.05) is 18.2 Å². The zero-order chi connectivity index (χ0) is 22.8. The Kier molecular flexibility index (Phi) is 4.80. The summed E-state index contributed by atoms with van der Waals surface area (Å²) in [5, 5.41) is 10.5. The first-order chi connectivity index (χ1) is 15.0. The summed E-state index contributed by atoms with van der Waals surface area (Å²) in [7, 11) is -3.10. The molecule has 4 heterocycles. The fraction of sp³-hybridized carbons (Fsp3) is 0.632. The maximum atomic E-state index is 13.5. The highest BCUT2D eigenvalue weighted by Gasteiger charge is 2.41. The third-order valence-electron chi connectivity index (χ3n) is 6.18. The number of nitrogens with zero attached hydrogens (tertiary/aromatic N) is 4. The van der Waals surface area contributed by atoms with Gasteiger partial charge in [0.15, 0.2) is 9.84 Å². The summed E-state index contributed by atoms with van der Waals surface area (Å²) >= 11 is 0. The van der Waals surface area contributed by atoms with Crippen molar-refractivity contribution in [3.8, 4) is 5.88 Å². The predicted molar refractivity (Wildman–Crippen MR) is 110 cm³/mol. The van der Waals surface area contributed by atoms with Gasteiger partial charge in [0.1, 0.15) is 17.1 Å². The first kappa shape index (κ1) is 21.3. The van der Waals surface area contributed by atoms with Gasteiger partial charge in [0.2, 0.25) is 11.8 Å². The molecule has 0 unspecified atom stereocenters. The summed E-state index contributed by atoms with van der Waals surface area (Å²) in [6.07, 6.45) is -2.33. The summed E-state index contributed by atoms with van der Waals surface area (Å²) in [4.78, 5) is 8.01. The SMILES string of the molecule is CC(C)c1nn(C2CS(=O)(=O)C2)c2c1Nc1ncc(C(F)(F)F)c(n1)N[C@@H]1CC[C@H]1CO2. The lowest BCUT2D eigenvalue weighted by Gasteiger charge is -2.37. The maximum absolute atomic E-state index is 13.5. The number of fused-ring (bicyclic) bond motifs is 4. The van der Waals surface area contributed by atoms with Crippen molar-refractivity contribution in [3.63, 3.8) is 0 Å². The molecule has 9 nitrogen and oxygen atoms in total. The van der Waals surface area contributed by atoms with Crippen LogP contribution in [0.25, 0.3) is 0 Å². The third kappa shape index (κ3) is 3.65. The van der Waals surface area contributed by atoms with E-state index >= 15 is 0 Å². The Labute approximate surface area is 182 Å². The van der Waals surface area contributed by atoms with E-state index in [1.807, 2.05) is 13.8 Å². The number of alkyl halides is 3. The average molecular weight is 472 g/mol. The molecule has 0 radical (unpaired) electrons. The van der Waals surface area contributed by atoms with Crippen LogP contribution in [-0.2, 0) is 16.0 Å². The maximum Gasteiger partial charge on any atom is 0.421 e. The zero-order valence-corrected chi connectivity index (χ0v) is 18.3. The van der Waals surface area contributed by atoms with Gasteiger partial charge in [-0.1, -0.05) is 13.8 Å². The van der Waals surface area contributed by atoms with Crippen molar-refractivity contribution in [2.24, 2.45) is 5.92 Å². The number of rotatable bonds is 2. The molecule has 2 N–H and O–H groups in total. The number of nitrogens with one attached hydrogen (secondary N) is 2. The predicted octanol–water partition coefficient (Wildman–Crippen LogP) is 3.11. The Bertz CT molecular complexity index is 1150. The number of hydrogen-bond donors (Lipinski definition) is 2. The van der Waals surface area contributed by atoms with Gasteiger partial charge in [-0.05, 0) is 18.8 Å². The zero-order valence-electron chi connectivity index (χ0n) is 17.5. The molecule has 3 aliphatic rings. The van der Waals surface area contributed by atoms with Crippen molar-refractivity contribution in [1.29, 1.82) is 0 Å². The van der Waals surface area contributed by atoms with Crippen LogP contribution in [0.5, 0.6) is 5.88 Å². The second kappa shape index (κ2) is 7.22. The highest BCUT2D eigenvalue weighted by molar-refractivity contribution is 7.92. The number of sulfone groups is 1. The minimum atomic E-state index is -4.59. The molecule has 1 saturated carbocycles. The molecule has 2 aromatic heterocycles. The van der Waals surface area contributed by atoms with Gasteiger partial charge in [-0.25, -0.2) is 18.1 Å². The van der Waals surface area contributed by atoms with Crippen LogP contribution in [0.3, 0.4) is 0 Å². The fourth-order valence-corrected chi connectivity index (χ4v) is 5.57. The lowest BCUT2D eigenvalue weighted by Crippen LogP contribution is -2.43. The van der Waals surface area contributed by atoms with Gasteiger partial charge in [0.05, 0.1) is 29.8 Å². The molecule has 2 atom stereocenters. The van der Waals surface area contributed by atoms with E-state index in [9.17, 15) is 21.6 Å². The number of hydrogen-bond acceptors (Lipinski definition) is 8. The fourth-order valence-electron chi connectivity index (χ4n) is 4.21. The second-order valence-corrected chi connectivity index (χ2v) is 11.0. The quantitative estimate of drug-likeness (QED) is 0.686. The summed E-state index contributed by atoms with van der Waals surface area (Å²) < 4.78 is 71.8. The van der Waals surface area contributed by atoms with E-state index in [1.165, 1.54) is 0 Å². The van der Waals surface area contributed by atoms with Crippen molar-refractivity contribution in [1.82, 2.24) is 19.7 Å². The highest BCUT2D eigenvalue weighted by Crippen LogP contribution is 2.42. The van der Waals surface area contributed by atoms with Crippen LogP contribution in [0.2, 0.25) is 0 Å². The monoisotopic (exact) mass is 472 g/mol. The minimum Gasteiger partial charge on any atom is -0.476 e. The lowest BCUT2D eigenvalue weighted by atomic mass is 9.80. The number of halogens is 3. The van der Waals surface area contributed by atoms with Crippen LogP contribution in [0.4, 0.5) is 30.6 Å². The normalized spacial score (nSPS) is 24.6. The molecule has 0 aromatic carbocycles. The Morgan fingerprint density at radius 1 is 1.25 bits per heavy atom. The largest absolute Gasteiger partial charge is 0.476 e. The van der Waals surface area contributed by atoms with E-state index in [1.54, 1.807) is 4.68 Å². The Hall–Kier alpha value is -2.57. The summed E-state index contributed by atoms with van der Waals surface area (Å²) in [6.45, 7) is 4.10. The van der Waals surface area contributed by atoms with Crippen LogP contribution in [0, 0.1) is 5.92 Å². The van der Waals surface area contributed by atoms with Crippen molar-refractivity contribution < 1.29 is 26.3 Å². The molecule has 0 spiro atoms. The van der Waals surface area contributed by atoms with E-state index in [0.717, 1.165) is 12.6 Å². The van der Waals surface area contributed by atoms with Crippen LogP contribution in [0.15, 0.2) is 6.20 Å². The number of ether oxygens (including phenoxy) is 1. The average Bonchev–Trinajstić information content (AvgIpc) is 3.00. The molecule has 13 heteroatoms. The summed E-state index contributed by atoms with van der Waals surface area (Å²) in [5.41, 5.74) is 0.132. The van der Waals surface area contributed by atoms with Crippen LogP contribution in [0.1, 0.15) is 49.9 Å². The van der Waals surface area contributed by atoms with E-state index < -0.39 is 21.6 Å². The van der Waals surface area contributed by atoms with Crippen molar-refractivity contribution in [2.75, 3.05) is 28.7 Å². The summed E-state index contributed by atoms with van der Waals surface area (Å²) in [5.74, 6) is -0.0656. The van der Waals surface area contributed by atoms with E-state index in [0.29, 0.717) is 23.7 Å². The van der Waals surface area contributed by atoms with Crippen molar-refractivity contribution in [2.45, 2.75) is 50.9 Å². The third-order valence-corrected chi connectivity index (χ3v) is 7.97. The number of anilines is 3. The Morgan fingerprint density at radius 3 is 2.59 bits per heavy atom. The molecule has 2 bridgehead atoms. The molecule has 2 aliphatic heterocycles. The van der Waals surface area contributed by atoms with Crippen molar-refractivity contribution >= 4 is 27.3 Å². The molecular formula is C19H23F3N6O3S. The lowest BCUT2D eigenvalue weighted by molar-refractivity contribution is -0.137. The van der Waals surface area contributed by atoms with Gasteiger partial charge in [-0.2, -0.15) is 23.3 Å². The highest BCUT2D eigenvalue weighted by atomic mass is 32.2. The first-order valence-corrected chi connectivity index (χ1v) is 12.3. The molecular weight excluding hydrogens is 449 g/mol. The topological polar surface area (TPSA) is 111 Å². The molecule has 2 fully saturated rings. The molecule has 174 valence electrons. The van der Waals surface area contributed by atoms with Crippen LogP contribution in [-0.4, -0.2) is 52.3 Å². The Morgan fingerprint density at radius 2 is 2.00 bits per heavy atom. The van der Waals surface area contributed by atoms with E-state index in [4.69, 9.17) is 4.74 Å². The standard InChI is InChI=1S/C19H23F3N6O3S/c1-9(2)14-15-17(28(27-14)11-7-32(29,30)8-11)31-6-10-3-4-13(10)24-16-12(19(20,21)22)5-23-18(25-15)26-16/h5,9-11,13H,3-4,6-8H2,1-2H3,(H2,23,24,25,26)/t10-,13+/m0/s1. The van der Waals surface area contributed by atoms with Crippen molar-refractivity contribution in [3.05, 3.63) is 17.5 Å². The van der Waals surface area contributed by atoms with E-state index in [-0.39, 0.29) is 53.8 Å². The van der Waals surface area contributed by atoms with Gasteiger partial charge in [0.25, 0.3) is 0 Å². The van der Waals surface area contributed by atoms with E-state index in [2.05, 4.69) is 25.7 Å². The van der Waals surface area contributed by atoms with Gasteiger partial charge < -0.3 is 15.4 Å². The van der Waals surface area contributed by atoms with Gasteiger partial charge in [-0.3, -0.25) is 0 Å². The molecule has 2 aromatic rings. The first-order valence-electron chi connectivity index (χ1n) is 10.5.